The fourth-order valence-corrected chi connectivity index (χ4v) is 1.33. The molecule has 0 fully saturated rings. The summed E-state index contributed by atoms with van der Waals surface area (Å²) in [6.07, 6.45) is 0. The van der Waals surface area contributed by atoms with E-state index in [9.17, 15) is 13.6 Å². The van der Waals surface area contributed by atoms with Gasteiger partial charge in [-0.1, -0.05) is 15.9 Å². The lowest BCUT2D eigenvalue weighted by Crippen LogP contribution is -2.34. The number of carbonyl (C=O) groups is 1. The Kier molecular flexibility index (Phi) is 4.41. The molecule has 1 atom stereocenters. The van der Waals surface area contributed by atoms with E-state index in [2.05, 4.69) is 21.2 Å². The Bertz CT molecular complexity index is 409. The van der Waals surface area contributed by atoms with E-state index >= 15 is 0 Å². The van der Waals surface area contributed by atoms with Crippen LogP contribution in [0.15, 0.2) is 12.1 Å². The minimum atomic E-state index is -0.845. The zero-order valence-electron chi connectivity index (χ0n) is 8.98. The molecule has 0 spiro atoms. The summed E-state index contributed by atoms with van der Waals surface area (Å²) >= 11 is 3.19. The number of amides is 1. The Balaban J connectivity index is 2.96. The maximum Gasteiger partial charge on any atom is 0.254 e. The highest BCUT2D eigenvalue weighted by molar-refractivity contribution is 9.09. The third-order valence-corrected chi connectivity index (χ3v) is 3.07. The van der Waals surface area contributed by atoms with E-state index in [4.69, 9.17) is 0 Å². The monoisotopic (exact) mass is 291 g/mol. The number of alkyl halides is 1. The minimum absolute atomic E-state index is 0.114. The van der Waals surface area contributed by atoms with Crippen molar-refractivity contribution in [2.75, 3.05) is 5.33 Å². The molecule has 2 nitrogen and oxygen atoms in total. The molecular weight excluding hydrogens is 280 g/mol. The first-order chi connectivity index (χ1) is 7.45. The van der Waals surface area contributed by atoms with Gasteiger partial charge >= 0.3 is 0 Å². The largest absolute Gasteiger partial charge is 0.349 e. The van der Waals surface area contributed by atoms with Crippen LogP contribution in [0.25, 0.3) is 0 Å². The molecule has 16 heavy (non-hydrogen) atoms. The standard InChI is InChI=1S/C11H12BrF2NO/c1-6-3-8(10(14)4-9(6)13)11(16)15-7(2)5-12/h3-4,7H,5H2,1-2H3,(H,15,16). The molecule has 0 aliphatic rings. The van der Waals surface area contributed by atoms with Crippen molar-refractivity contribution in [3.63, 3.8) is 0 Å². The molecule has 0 bridgehead atoms. The van der Waals surface area contributed by atoms with Gasteiger partial charge in [0, 0.05) is 17.4 Å². The van der Waals surface area contributed by atoms with E-state index in [1.807, 2.05) is 0 Å². The first kappa shape index (κ1) is 13.1. The minimum Gasteiger partial charge on any atom is -0.349 e. The molecule has 0 saturated heterocycles. The van der Waals surface area contributed by atoms with Gasteiger partial charge < -0.3 is 5.32 Å². The van der Waals surface area contributed by atoms with Crippen LogP contribution in [-0.2, 0) is 0 Å². The van der Waals surface area contributed by atoms with E-state index in [1.54, 1.807) is 6.92 Å². The number of carbonyl (C=O) groups excluding carboxylic acids is 1. The molecular formula is C11H12BrF2NO. The highest BCUT2D eigenvalue weighted by Crippen LogP contribution is 2.14. The van der Waals surface area contributed by atoms with Crippen LogP contribution >= 0.6 is 15.9 Å². The number of nitrogens with one attached hydrogen (secondary N) is 1. The van der Waals surface area contributed by atoms with Crippen LogP contribution in [0, 0.1) is 18.6 Å². The second-order valence-corrected chi connectivity index (χ2v) is 4.26. The second kappa shape index (κ2) is 5.39. The SMILES string of the molecule is Cc1cc(C(=O)NC(C)CBr)c(F)cc1F. The zero-order valence-corrected chi connectivity index (χ0v) is 10.6. The van der Waals surface area contributed by atoms with Crippen LogP contribution in [0.4, 0.5) is 8.78 Å². The van der Waals surface area contributed by atoms with Crippen molar-refractivity contribution in [2.24, 2.45) is 0 Å². The Morgan fingerprint density at radius 3 is 2.62 bits per heavy atom. The van der Waals surface area contributed by atoms with Gasteiger partial charge in [-0.3, -0.25) is 4.79 Å². The number of aryl methyl sites for hydroxylation is 1. The predicted molar refractivity (Wildman–Crippen MR) is 61.8 cm³/mol. The highest BCUT2D eigenvalue weighted by atomic mass is 79.9. The number of hydrogen-bond acceptors (Lipinski definition) is 1. The summed E-state index contributed by atoms with van der Waals surface area (Å²) in [5, 5.41) is 3.16. The van der Waals surface area contributed by atoms with E-state index in [-0.39, 0.29) is 17.2 Å². The molecule has 88 valence electrons. The topological polar surface area (TPSA) is 29.1 Å². The predicted octanol–water partition coefficient (Wildman–Crippen LogP) is 2.79. The van der Waals surface area contributed by atoms with Gasteiger partial charge in [-0.25, -0.2) is 8.78 Å². The summed E-state index contributed by atoms with van der Waals surface area (Å²) < 4.78 is 26.3. The van der Waals surface area contributed by atoms with Gasteiger partial charge in [0.15, 0.2) is 0 Å². The average Bonchev–Trinajstić information content (AvgIpc) is 2.23. The van der Waals surface area contributed by atoms with Crippen LogP contribution in [0.3, 0.4) is 0 Å². The molecule has 0 aromatic heterocycles. The third kappa shape index (κ3) is 3.01. The van der Waals surface area contributed by atoms with Crippen LogP contribution in [0.1, 0.15) is 22.8 Å². The number of hydrogen-bond donors (Lipinski definition) is 1. The highest BCUT2D eigenvalue weighted by Gasteiger charge is 2.15. The van der Waals surface area contributed by atoms with Crippen molar-refractivity contribution in [3.8, 4) is 0 Å². The second-order valence-electron chi connectivity index (χ2n) is 3.61. The van der Waals surface area contributed by atoms with E-state index in [1.165, 1.54) is 13.0 Å². The maximum absolute atomic E-state index is 13.3. The molecule has 0 saturated carbocycles. The van der Waals surface area contributed by atoms with E-state index in [0.717, 1.165) is 6.07 Å². The lowest BCUT2D eigenvalue weighted by Gasteiger charge is -2.11. The van der Waals surface area contributed by atoms with Crippen molar-refractivity contribution in [1.29, 1.82) is 0 Å². The summed E-state index contributed by atoms with van der Waals surface area (Å²) in [5.41, 5.74) is 0.116. The van der Waals surface area contributed by atoms with Gasteiger partial charge in [-0.15, -0.1) is 0 Å². The molecule has 0 heterocycles. The molecule has 0 radical (unpaired) electrons. The van der Waals surface area contributed by atoms with Crippen LogP contribution in [0.5, 0.6) is 0 Å². The lowest BCUT2D eigenvalue weighted by molar-refractivity contribution is 0.0939. The van der Waals surface area contributed by atoms with Gasteiger partial charge in [0.1, 0.15) is 11.6 Å². The molecule has 1 unspecified atom stereocenters. The fraction of sp³-hybridized carbons (Fsp3) is 0.364. The van der Waals surface area contributed by atoms with Crippen LogP contribution in [0.2, 0.25) is 0 Å². The van der Waals surface area contributed by atoms with Crippen LogP contribution in [-0.4, -0.2) is 17.3 Å². The van der Waals surface area contributed by atoms with Crippen molar-refractivity contribution >= 4 is 21.8 Å². The summed E-state index contributed by atoms with van der Waals surface area (Å²) in [6, 6.07) is 1.82. The average molecular weight is 292 g/mol. The first-order valence-electron chi connectivity index (χ1n) is 4.78. The molecule has 1 rings (SSSR count). The normalized spacial score (nSPS) is 12.3. The Hall–Kier alpha value is -0.970. The summed E-state index contributed by atoms with van der Waals surface area (Å²) in [6.45, 7) is 3.26. The van der Waals surface area contributed by atoms with Gasteiger partial charge in [0.2, 0.25) is 0 Å². The van der Waals surface area contributed by atoms with E-state index in [0.29, 0.717) is 5.33 Å². The number of halogens is 3. The Morgan fingerprint density at radius 2 is 2.06 bits per heavy atom. The molecule has 1 aromatic rings. The van der Waals surface area contributed by atoms with Crippen LogP contribution < -0.4 is 5.32 Å². The van der Waals surface area contributed by atoms with E-state index < -0.39 is 17.5 Å². The number of rotatable bonds is 3. The summed E-state index contributed by atoms with van der Waals surface area (Å²) in [5.74, 6) is -2.03. The van der Waals surface area contributed by atoms with Crippen molar-refractivity contribution < 1.29 is 13.6 Å². The Morgan fingerprint density at radius 1 is 1.44 bits per heavy atom. The van der Waals surface area contributed by atoms with Crippen molar-refractivity contribution in [1.82, 2.24) is 5.32 Å². The molecule has 0 aliphatic heterocycles. The summed E-state index contributed by atoms with van der Waals surface area (Å²) in [4.78, 5) is 11.6. The molecule has 1 aromatic carbocycles. The zero-order chi connectivity index (χ0) is 12.3. The fourth-order valence-electron chi connectivity index (χ4n) is 1.17. The van der Waals surface area contributed by atoms with Gasteiger partial charge in [-0.05, 0) is 25.5 Å². The lowest BCUT2D eigenvalue weighted by atomic mass is 10.1. The van der Waals surface area contributed by atoms with Crippen molar-refractivity contribution in [3.05, 3.63) is 34.9 Å². The van der Waals surface area contributed by atoms with Gasteiger partial charge in [0.05, 0.1) is 5.56 Å². The quantitative estimate of drug-likeness (QED) is 0.853. The smallest absolute Gasteiger partial charge is 0.254 e. The van der Waals surface area contributed by atoms with Gasteiger partial charge in [-0.2, -0.15) is 0 Å². The molecule has 0 aliphatic carbocycles. The van der Waals surface area contributed by atoms with Crippen molar-refractivity contribution in [2.45, 2.75) is 19.9 Å². The summed E-state index contributed by atoms with van der Waals surface area (Å²) in [7, 11) is 0. The molecule has 1 amide bonds. The Labute approximate surface area is 101 Å². The third-order valence-electron chi connectivity index (χ3n) is 2.10. The maximum atomic E-state index is 13.3. The first-order valence-corrected chi connectivity index (χ1v) is 5.90. The van der Waals surface area contributed by atoms with Gasteiger partial charge in [0.25, 0.3) is 5.91 Å². The molecule has 1 N–H and O–H groups in total. The number of benzene rings is 1. The molecule has 5 heteroatoms.